The number of furan rings is 1. The molecule has 3 aromatic heterocycles. The van der Waals surface area contributed by atoms with Crippen molar-refractivity contribution < 1.29 is 4.42 Å². The largest absolute Gasteiger partial charge is 0.456 e. The highest BCUT2D eigenvalue weighted by Gasteiger charge is 2.14. The summed E-state index contributed by atoms with van der Waals surface area (Å²) in [5, 5.41) is 6.01. The van der Waals surface area contributed by atoms with Gasteiger partial charge in [-0.3, -0.25) is 0 Å². The van der Waals surface area contributed by atoms with Gasteiger partial charge in [0.2, 0.25) is 0 Å². The van der Waals surface area contributed by atoms with Gasteiger partial charge in [0.15, 0.2) is 0 Å². The van der Waals surface area contributed by atoms with Gasteiger partial charge in [0, 0.05) is 39.1 Å². The zero-order valence-electron chi connectivity index (χ0n) is 18.8. The summed E-state index contributed by atoms with van der Waals surface area (Å²) in [6.45, 7) is 0. The fourth-order valence-electron chi connectivity index (χ4n) is 5.55. The lowest BCUT2D eigenvalue weighted by Gasteiger charge is -2.08. The van der Waals surface area contributed by atoms with Crippen LogP contribution in [0.3, 0.4) is 0 Å². The Balaban J connectivity index is 1.39. The van der Waals surface area contributed by atoms with Gasteiger partial charge in [0.25, 0.3) is 0 Å². The van der Waals surface area contributed by atoms with E-state index in [-0.39, 0.29) is 0 Å². The van der Waals surface area contributed by atoms with E-state index in [2.05, 4.69) is 131 Å². The van der Waals surface area contributed by atoms with Crippen molar-refractivity contribution in [1.29, 1.82) is 0 Å². The van der Waals surface area contributed by atoms with Crippen LogP contribution in [-0.4, -0.2) is 9.13 Å². The van der Waals surface area contributed by atoms with E-state index in [4.69, 9.17) is 4.42 Å². The van der Waals surface area contributed by atoms with Crippen molar-refractivity contribution in [2.75, 3.05) is 0 Å². The second-order valence-corrected chi connectivity index (χ2v) is 9.08. The third-order valence-corrected chi connectivity index (χ3v) is 7.15. The molecule has 3 nitrogen and oxygen atoms in total. The minimum atomic E-state index is 0.902. The number of para-hydroxylation sites is 3. The Hall–Kier alpha value is -4.76. The molecule has 0 fully saturated rings. The Bertz CT molecular complexity index is 2020. The van der Waals surface area contributed by atoms with Gasteiger partial charge in [-0.1, -0.05) is 54.6 Å². The molecule has 0 N–H and O–H groups in total. The molecular weight excluding hydrogens is 428 g/mol. The van der Waals surface area contributed by atoms with Crippen LogP contribution in [0.4, 0.5) is 0 Å². The Kier molecular flexibility index (Phi) is 3.66. The average Bonchev–Trinajstić information content (AvgIpc) is 3.60. The SMILES string of the molecule is c1ccc2c(c1)ccn2-c1ccc2oc3ccc(-n4c5ccccc5c5ccccc54)cc3c2c1. The summed E-state index contributed by atoms with van der Waals surface area (Å²) in [7, 11) is 0. The molecule has 0 spiro atoms. The topological polar surface area (TPSA) is 23.0 Å². The predicted octanol–water partition coefficient (Wildman–Crippen LogP) is 8.63. The lowest BCUT2D eigenvalue weighted by Crippen LogP contribution is -1.93. The number of aromatic nitrogens is 2. The van der Waals surface area contributed by atoms with Crippen LogP contribution in [0.2, 0.25) is 0 Å². The average molecular weight is 449 g/mol. The van der Waals surface area contributed by atoms with Crippen LogP contribution < -0.4 is 0 Å². The van der Waals surface area contributed by atoms with Gasteiger partial charge < -0.3 is 13.6 Å². The monoisotopic (exact) mass is 448 g/mol. The third kappa shape index (κ3) is 2.61. The minimum Gasteiger partial charge on any atom is -0.456 e. The molecule has 8 rings (SSSR count). The van der Waals surface area contributed by atoms with Gasteiger partial charge in [-0.15, -0.1) is 0 Å². The molecule has 5 aromatic carbocycles. The molecular formula is C32H20N2O. The molecule has 35 heavy (non-hydrogen) atoms. The Labute approximate surface area is 201 Å². The van der Waals surface area contributed by atoms with Crippen LogP contribution in [0, 0.1) is 0 Å². The van der Waals surface area contributed by atoms with E-state index in [1.54, 1.807) is 0 Å². The van der Waals surface area contributed by atoms with Crippen LogP contribution >= 0.6 is 0 Å². The maximum Gasteiger partial charge on any atom is 0.135 e. The quantitative estimate of drug-likeness (QED) is 0.259. The van der Waals surface area contributed by atoms with Crippen LogP contribution in [0.25, 0.3) is 66.0 Å². The van der Waals surface area contributed by atoms with E-state index in [1.807, 2.05) is 0 Å². The smallest absolute Gasteiger partial charge is 0.135 e. The number of hydrogen-bond acceptors (Lipinski definition) is 1. The zero-order valence-corrected chi connectivity index (χ0v) is 18.8. The standard InChI is InChI=1S/C32H20N2O/c1-4-10-28-21(7-1)17-18-33(28)22-13-15-31-26(19-22)27-20-23(14-16-32(27)35-31)34-29-11-5-2-8-24(29)25-9-3-6-12-30(25)34/h1-20H. The number of fused-ring (bicyclic) bond motifs is 7. The summed E-state index contributed by atoms with van der Waals surface area (Å²) in [4.78, 5) is 0. The maximum absolute atomic E-state index is 6.24. The molecule has 0 saturated heterocycles. The van der Waals surface area contributed by atoms with E-state index < -0.39 is 0 Å². The van der Waals surface area contributed by atoms with Crippen molar-refractivity contribution in [3.63, 3.8) is 0 Å². The fraction of sp³-hybridized carbons (Fsp3) is 0. The van der Waals surface area contributed by atoms with Crippen molar-refractivity contribution in [3.05, 3.63) is 121 Å². The molecule has 3 heteroatoms. The molecule has 0 atom stereocenters. The van der Waals surface area contributed by atoms with Crippen LogP contribution in [0.5, 0.6) is 0 Å². The summed E-state index contributed by atoms with van der Waals surface area (Å²) in [6, 6.07) is 40.8. The number of benzene rings is 5. The maximum atomic E-state index is 6.24. The predicted molar refractivity (Wildman–Crippen MR) is 145 cm³/mol. The second-order valence-electron chi connectivity index (χ2n) is 9.08. The van der Waals surface area contributed by atoms with Crippen molar-refractivity contribution in [1.82, 2.24) is 9.13 Å². The normalized spacial score (nSPS) is 12.0. The number of hydrogen-bond donors (Lipinski definition) is 0. The van der Waals surface area contributed by atoms with Gasteiger partial charge in [-0.25, -0.2) is 0 Å². The van der Waals surface area contributed by atoms with Gasteiger partial charge in [-0.2, -0.15) is 0 Å². The lowest BCUT2D eigenvalue weighted by atomic mass is 10.1. The first kappa shape index (κ1) is 18.6. The first-order chi connectivity index (χ1) is 17.3. The van der Waals surface area contributed by atoms with E-state index in [1.165, 1.54) is 32.7 Å². The molecule has 164 valence electrons. The van der Waals surface area contributed by atoms with E-state index in [9.17, 15) is 0 Å². The Morgan fingerprint density at radius 1 is 0.457 bits per heavy atom. The van der Waals surface area contributed by atoms with Crippen LogP contribution in [-0.2, 0) is 0 Å². The van der Waals surface area contributed by atoms with Crippen molar-refractivity contribution >= 4 is 54.6 Å². The highest BCUT2D eigenvalue weighted by atomic mass is 16.3. The first-order valence-corrected chi connectivity index (χ1v) is 11.9. The van der Waals surface area contributed by atoms with E-state index in [0.29, 0.717) is 0 Å². The molecule has 0 aliphatic rings. The molecule has 8 aromatic rings. The zero-order chi connectivity index (χ0) is 22.9. The molecule has 0 radical (unpaired) electrons. The van der Waals surface area contributed by atoms with Crippen LogP contribution in [0.15, 0.2) is 126 Å². The highest BCUT2D eigenvalue weighted by molar-refractivity contribution is 6.10. The number of rotatable bonds is 2. The summed E-state index contributed by atoms with van der Waals surface area (Å²) < 4.78 is 10.8. The molecule has 0 aliphatic heterocycles. The van der Waals surface area contributed by atoms with E-state index >= 15 is 0 Å². The van der Waals surface area contributed by atoms with Crippen molar-refractivity contribution in [3.8, 4) is 11.4 Å². The van der Waals surface area contributed by atoms with Gasteiger partial charge in [0.1, 0.15) is 11.2 Å². The summed E-state index contributed by atoms with van der Waals surface area (Å²) >= 11 is 0. The van der Waals surface area contributed by atoms with Crippen LogP contribution in [0.1, 0.15) is 0 Å². The highest BCUT2D eigenvalue weighted by Crippen LogP contribution is 2.36. The van der Waals surface area contributed by atoms with E-state index in [0.717, 1.165) is 33.3 Å². The Morgan fingerprint density at radius 2 is 1.03 bits per heavy atom. The molecule has 3 heterocycles. The van der Waals surface area contributed by atoms with Crippen molar-refractivity contribution in [2.24, 2.45) is 0 Å². The number of nitrogens with zero attached hydrogens (tertiary/aromatic N) is 2. The molecule has 0 saturated carbocycles. The minimum absolute atomic E-state index is 0.902. The molecule has 0 bridgehead atoms. The van der Waals surface area contributed by atoms with Crippen molar-refractivity contribution in [2.45, 2.75) is 0 Å². The Morgan fingerprint density at radius 3 is 1.74 bits per heavy atom. The lowest BCUT2D eigenvalue weighted by molar-refractivity contribution is 0.669. The fourth-order valence-corrected chi connectivity index (χ4v) is 5.55. The molecule has 0 amide bonds. The second kappa shape index (κ2) is 6.87. The summed E-state index contributed by atoms with van der Waals surface area (Å²) in [5.41, 5.74) is 7.68. The van der Waals surface area contributed by atoms with Gasteiger partial charge >= 0.3 is 0 Å². The van der Waals surface area contributed by atoms with Gasteiger partial charge in [-0.05, 0) is 66.0 Å². The first-order valence-electron chi connectivity index (χ1n) is 11.9. The molecule has 0 aliphatic carbocycles. The molecule has 0 unspecified atom stereocenters. The van der Waals surface area contributed by atoms with Gasteiger partial charge in [0.05, 0.1) is 16.6 Å². The third-order valence-electron chi connectivity index (χ3n) is 7.15. The summed E-state index contributed by atoms with van der Waals surface area (Å²) in [5.74, 6) is 0. The summed E-state index contributed by atoms with van der Waals surface area (Å²) in [6.07, 6.45) is 2.14.